The second kappa shape index (κ2) is 10.1. The highest BCUT2D eigenvalue weighted by Crippen LogP contribution is 2.29. The zero-order chi connectivity index (χ0) is 23.4. The van der Waals surface area contributed by atoms with Crippen molar-refractivity contribution < 1.29 is 13.6 Å². The number of carbonyl (C=O) groups excluding carboxylic acids is 1. The maximum Gasteiger partial charge on any atom is 0.319 e. The summed E-state index contributed by atoms with van der Waals surface area (Å²) < 4.78 is 29.1. The molecule has 0 saturated carbocycles. The molecule has 2 unspecified atom stereocenters. The number of hydrogen-bond acceptors (Lipinski definition) is 3. The van der Waals surface area contributed by atoms with E-state index in [1.54, 1.807) is 16.9 Å². The topological polar surface area (TPSA) is 62.2 Å². The quantitative estimate of drug-likeness (QED) is 0.538. The normalized spacial score (nSPS) is 18.4. The highest BCUT2D eigenvalue weighted by atomic mass is 19.2. The molecule has 3 aromatic rings. The van der Waals surface area contributed by atoms with E-state index in [9.17, 15) is 13.6 Å². The van der Waals surface area contributed by atoms with Crippen molar-refractivity contribution in [3.63, 3.8) is 0 Å². The maximum atomic E-state index is 13.9. The third-order valence-electron chi connectivity index (χ3n) is 6.08. The van der Waals surface area contributed by atoms with Crippen LogP contribution >= 0.6 is 0 Å². The Hall–Kier alpha value is -3.26. The number of nitrogens with zero attached hydrogens (tertiary/aromatic N) is 3. The molecule has 8 heteroatoms. The summed E-state index contributed by atoms with van der Waals surface area (Å²) in [7, 11) is 0. The first kappa shape index (κ1) is 22.9. The number of aryl methyl sites for hydroxylation is 1. The Balaban J connectivity index is 1.47. The van der Waals surface area contributed by atoms with Crippen LogP contribution in [0.2, 0.25) is 0 Å². The number of hydrogen-bond donors (Lipinski definition) is 2. The van der Waals surface area contributed by atoms with Crippen molar-refractivity contribution in [3.05, 3.63) is 77.6 Å². The van der Waals surface area contributed by atoms with Gasteiger partial charge in [0.2, 0.25) is 0 Å². The van der Waals surface area contributed by atoms with E-state index in [0.717, 1.165) is 31.1 Å². The molecule has 1 aromatic heterocycles. The average molecular weight is 454 g/mol. The summed E-state index contributed by atoms with van der Waals surface area (Å²) in [4.78, 5) is 15.1. The molecule has 0 bridgehead atoms. The van der Waals surface area contributed by atoms with E-state index in [-0.39, 0.29) is 18.0 Å². The van der Waals surface area contributed by atoms with Crippen LogP contribution in [0.1, 0.15) is 36.9 Å². The Morgan fingerprint density at radius 2 is 1.91 bits per heavy atom. The Morgan fingerprint density at radius 1 is 1.12 bits per heavy atom. The van der Waals surface area contributed by atoms with Crippen LogP contribution < -0.4 is 10.6 Å². The molecule has 2 N–H and O–H groups in total. The molecule has 2 heterocycles. The summed E-state index contributed by atoms with van der Waals surface area (Å²) in [6.07, 6.45) is 3.89. The number of anilines is 1. The molecular weight excluding hydrogens is 424 g/mol. The summed E-state index contributed by atoms with van der Waals surface area (Å²) >= 11 is 0. The largest absolute Gasteiger partial charge is 0.333 e. The second-order valence-corrected chi connectivity index (χ2v) is 8.51. The summed E-state index contributed by atoms with van der Waals surface area (Å²) in [5.41, 5.74) is 2.89. The molecule has 1 aliphatic heterocycles. The van der Waals surface area contributed by atoms with Gasteiger partial charge in [-0.1, -0.05) is 37.6 Å². The van der Waals surface area contributed by atoms with E-state index in [4.69, 9.17) is 0 Å². The lowest BCUT2D eigenvalue weighted by atomic mass is 9.94. The minimum absolute atomic E-state index is 0.129. The zero-order valence-corrected chi connectivity index (χ0v) is 18.9. The minimum Gasteiger partial charge on any atom is -0.333 e. The highest BCUT2D eigenvalue weighted by molar-refractivity contribution is 5.90. The zero-order valence-electron chi connectivity index (χ0n) is 18.9. The SMILES string of the molecule is CCCCN1CC(NC(=O)Nc2cn(-c3ccccc3)nc2C)C(c2ccc(F)c(F)c2)C1. The molecule has 1 saturated heterocycles. The molecule has 33 heavy (non-hydrogen) atoms. The van der Waals surface area contributed by atoms with Crippen LogP contribution in [0.25, 0.3) is 5.69 Å². The standard InChI is InChI=1S/C25H29F2N5O/c1-3-4-12-31-14-20(18-10-11-21(26)22(27)13-18)24(15-31)29-25(33)28-23-16-32(30-17(23)2)19-8-6-5-7-9-19/h5-11,13,16,20,24H,3-4,12,14-15H2,1-2H3,(H2,28,29,33). The van der Waals surface area contributed by atoms with Crippen LogP contribution in [0.15, 0.2) is 54.7 Å². The van der Waals surface area contributed by atoms with Crippen molar-refractivity contribution in [1.29, 1.82) is 0 Å². The van der Waals surface area contributed by atoms with E-state index < -0.39 is 11.6 Å². The van der Waals surface area contributed by atoms with Gasteiger partial charge < -0.3 is 15.5 Å². The van der Waals surface area contributed by atoms with Crippen LogP contribution in [0, 0.1) is 18.6 Å². The third-order valence-corrected chi connectivity index (χ3v) is 6.08. The van der Waals surface area contributed by atoms with Crippen molar-refractivity contribution in [2.75, 3.05) is 25.0 Å². The maximum absolute atomic E-state index is 13.9. The lowest BCUT2D eigenvalue weighted by molar-refractivity contribution is 0.247. The Morgan fingerprint density at radius 3 is 2.64 bits per heavy atom. The van der Waals surface area contributed by atoms with Crippen LogP contribution in [0.4, 0.5) is 19.3 Å². The lowest BCUT2D eigenvalue weighted by Crippen LogP contribution is -2.42. The van der Waals surface area contributed by atoms with Crippen LogP contribution in [-0.2, 0) is 0 Å². The number of carbonyl (C=O) groups is 1. The number of aromatic nitrogens is 2. The van der Waals surface area contributed by atoms with Crippen molar-refractivity contribution in [2.45, 2.75) is 38.6 Å². The highest BCUT2D eigenvalue weighted by Gasteiger charge is 2.35. The first-order valence-corrected chi connectivity index (χ1v) is 11.3. The van der Waals surface area contributed by atoms with Gasteiger partial charge in [0.1, 0.15) is 0 Å². The van der Waals surface area contributed by atoms with E-state index >= 15 is 0 Å². The fourth-order valence-electron chi connectivity index (χ4n) is 4.30. The van der Waals surface area contributed by atoms with Gasteiger partial charge in [0.15, 0.2) is 11.6 Å². The minimum atomic E-state index is -0.869. The van der Waals surface area contributed by atoms with Gasteiger partial charge in [-0.2, -0.15) is 5.10 Å². The predicted molar refractivity (Wildman–Crippen MR) is 125 cm³/mol. The number of amides is 2. The molecule has 2 amide bonds. The molecule has 174 valence electrons. The number of unbranched alkanes of at least 4 members (excludes halogenated alkanes) is 1. The van der Waals surface area contributed by atoms with Crippen molar-refractivity contribution >= 4 is 11.7 Å². The summed E-state index contributed by atoms with van der Waals surface area (Å²) in [6.45, 7) is 6.20. The Kier molecular flexibility index (Phi) is 7.03. The predicted octanol–water partition coefficient (Wildman–Crippen LogP) is 4.85. The molecule has 1 aliphatic rings. The number of nitrogens with one attached hydrogen (secondary N) is 2. The Labute approximate surface area is 192 Å². The number of halogens is 2. The first-order valence-electron chi connectivity index (χ1n) is 11.3. The fourth-order valence-corrected chi connectivity index (χ4v) is 4.30. The molecule has 0 aliphatic carbocycles. The van der Waals surface area contributed by atoms with Crippen molar-refractivity contribution in [2.24, 2.45) is 0 Å². The van der Waals surface area contributed by atoms with Gasteiger partial charge in [-0.05, 0) is 49.7 Å². The van der Waals surface area contributed by atoms with Gasteiger partial charge in [0.25, 0.3) is 0 Å². The number of urea groups is 1. The number of benzene rings is 2. The number of rotatable bonds is 7. The molecule has 6 nitrogen and oxygen atoms in total. The van der Waals surface area contributed by atoms with Crippen LogP contribution in [0.5, 0.6) is 0 Å². The van der Waals surface area contributed by atoms with E-state index in [2.05, 4.69) is 27.6 Å². The average Bonchev–Trinajstić information content (AvgIpc) is 3.38. The van der Waals surface area contributed by atoms with Crippen molar-refractivity contribution in [1.82, 2.24) is 20.0 Å². The molecule has 0 radical (unpaired) electrons. The molecule has 2 aromatic carbocycles. The fraction of sp³-hybridized carbons (Fsp3) is 0.360. The number of likely N-dealkylation sites (tertiary alicyclic amines) is 1. The van der Waals surface area contributed by atoms with Crippen LogP contribution in [-0.4, -0.2) is 46.4 Å². The van der Waals surface area contributed by atoms with Crippen LogP contribution in [0.3, 0.4) is 0 Å². The Bertz CT molecular complexity index is 1100. The summed E-state index contributed by atoms with van der Waals surface area (Å²) in [5.74, 6) is -1.87. The van der Waals surface area contributed by atoms with E-state index in [1.807, 2.05) is 37.3 Å². The smallest absolute Gasteiger partial charge is 0.319 e. The van der Waals surface area contributed by atoms with Gasteiger partial charge in [0, 0.05) is 19.0 Å². The summed E-state index contributed by atoms with van der Waals surface area (Å²) in [5, 5.41) is 10.4. The molecule has 1 fully saturated rings. The first-order chi connectivity index (χ1) is 15.9. The molecule has 4 rings (SSSR count). The number of para-hydroxylation sites is 1. The van der Waals surface area contributed by atoms with Gasteiger partial charge >= 0.3 is 6.03 Å². The lowest BCUT2D eigenvalue weighted by Gasteiger charge is -2.20. The van der Waals surface area contributed by atoms with Crippen molar-refractivity contribution in [3.8, 4) is 5.69 Å². The molecule has 2 atom stereocenters. The molecule has 0 spiro atoms. The monoisotopic (exact) mass is 453 g/mol. The van der Waals surface area contributed by atoms with Gasteiger partial charge in [0.05, 0.1) is 29.3 Å². The summed E-state index contributed by atoms with van der Waals surface area (Å²) in [6, 6.07) is 13.1. The molecular formula is C25H29F2N5O. The van der Waals surface area contributed by atoms with E-state index in [0.29, 0.717) is 30.0 Å². The van der Waals surface area contributed by atoms with Gasteiger partial charge in [-0.3, -0.25) is 0 Å². The third kappa shape index (κ3) is 5.39. The second-order valence-electron chi connectivity index (χ2n) is 8.51. The van der Waals surface area contributed by atoms with Gasteiger partial charge in [-0.25, -0.2) is 18.3 Å². The van der Waals surface area contributed by atoms with Gasteiger partial charge in [-0.15, -0.1) is 0 Å². The van der Waals surface area contributed by atoms with E-state index in [1.165, 1.54) is 6.07 Å².